The zero-order valence-electron chi connectivity index (χ0n) is 11.6. The molecule has 2 aliphatic heterocycles. The van der Waals surface area contributed by atoms with E-state index in [2.05, 4.69) is 18.7 Å². The minimum Gasteiger partial charge on any atom is -0.444 e. The van der Waals surface area contributed by atoms with Gasteiger partial charge < -0.3 is 4.74 Å². The van der Waals surface area contributed by atoms with Crippen LogP contribution in [-0.2, 0) is 4.74 Å². The SMILES string of the molecule is C=CCC[C@H]1C[C@H]2C=C[C@@H]1N2C(=O)OC(C)(C)C. The van der Waals surface area contributed by atoms with Crippen LogP contribution in [-0.4, -0.2) is 28.7 Å². The lowest BCUT2D eigenvalue weighted by atomic mass is 9.90. The van der Waals surface area contributed by atoms with Crippen molar-refractivity contribution in [3.63, 3.8) is 0 Å². The number of nitrogens with zero attached hydrogens (tertiary/aromatic N) is 1. The van der Waals surface area contributed by atoms with Crippen LogP contribution in [0.2, 0.25) is 0 Å². The van der Waals surface area contributed by atoms with Gasteiger partial charge in [0.15, 0.2) is 0 Å². The Hall–Kier alpha value is -1.25. The molecular weight excluding hydrogens is 226 g/mol. The summed E-state index contributed by atoms with van der Waals surface area (Å²) in [5.41, 5.74) is -0.421. The molecule has 2 bridgehead atoms. The van der Waals surface area contributed by atoms with Gasteiger partial charge in [-0.1, -0.05) is 18.2 Å². The molecule has 0 spiro atoms. The van der Waals surface area contributed by atoms with Crippen molar-refractivity contribution in [1.82, 2.24) is 4.90 Å². The van der Waals surface area contributed by atoms with Crippen LogP contribution < -0.4 is 0 Å². The lowest BCUT2D eigenvalue weighted by Gasteiger charge is -2.28. The zero-order valence-corrected chi connectivity index (χ0v) is 11.6. The predicted molar refractivity (Wildman–Crippen MR) is 72.3 cm³/mol. The normalized spacial score (nSPS) is 29.7. The minimum absolute atomic E-state index is 0.177. The van der Waals surface area contributed by atoms with Crippen LogP contribution in [0.25, 0.3) is 0 Å². The zero-order chi connectivity index (χ0) is 13.3. The average Bonchev–Trinajstić information content (AvgIpc) is 2.80. The molecule has 0 aromatic rings. The molecule has 2 heterocycles. The quantitative estimate of drug-likeness (QED) is 0.716. The van der Waals surface area contributed by atoms with Crippen LogP contribution in [0, 0.1) is 5.92 Å². The summed E-state index contributed by atoms with van der Waals surface area (Å²) < 4.78 is 5.48. The van der Waals surface area contributed by atoms with Crippen molar-refractivity contribution in [2.24, 2.45) is 5.92 Å². The Labute approximate surface area is 109 Å². The molecule has 3 nitrogen and oxygen atoms in total. The molecule has 18 heavy (non-hydrogen) atoms. The third kappa shape index (κ3) is 2.60. The molecule has 2 aliphatic rings. The Morgan fingerprint density at radius 3 is 2.83 bits per heavy atom. The van der Waals surface area contributed by atoms with Crippen molar-refractivity contribution in [1.29, 1.82) is 0 Å². The summed E-state index contributed by atoms with van der Waals surface area (Å²) in [7, 11) is 0. The van der Waals surface area contributed by atoms with E-state index in [1.165, 1.54) is 0 Å². The van der Waals surface area contributed by atoms with Crippen LogP contribution in [0.5, 0.6) is 0 Å². The molecule has 1 saturated heterocycles. The molecule has 0 radical (unpaired) electrons. The van der Waals surface area contributed by atoms with E-state index in [0.29, 0.717) is 5.92 Å². The Kier molecular flexibility index (Phi) is 3.51. The summed E-state index contributed by atoms with van der Waals surface area (Å²) in [6, 6.07) is 0.462. The van der Waals surface area contributed by atoms with Gasteiger partial charge in [0.25, 0.3) is 0 Å². The van der Waals surface area contributed by atoms with E-state index in [0.717, 1.165) is 19.3 Å². The number of ether oxygens (including phenoxy) is 1. The number of rotatable bonds is 3. The molecule has 2 rings (SSSR count). The van der Waals surface area contributed by atoms with Crippen LogP contribution in [0.1, 0.15) is 40.0 Å². The summed E-state index contributed by atoms with van der Waals surface area (Å²) >= 11 is 0. The van der Waals surface area contributed by atoms with Gasteiger partial charge in [0.2, 0.25) is 0 Å². The van der Waals surface area contributed by atoms with E-state index in [9.17, 15) is 4.79 Å². The van der Waals surface area contributed by atoms with E-state index in [-0.39, 0.29) is 18.2 Å². The molecule has 0 saturated carbocycles. The van der Waals surface area contributed by atoms with E-state index in [4.69, 9.17) is 4.74 Å². The maximum absolute atomic E-state index is 12.2. The average molecular weight is 249 g/mol. The van der Waals surface area contributed by atoms with Gasteiger partial charge in [-0.3, -0.25) is 4.90 Å². The number of carbonyl (C=O) groups excluding carboxylic acids is 1. The molecule has 1 fully saturated rings. The third-order valence-corrected chi connectivity index (χ3v) is 3.58. The molecule has 1 amide bonds. The summed E-state index contributed by atoms with van der Waals surface area (Å²) in [6.07, 6.45) is 9.26. The van der Waals surface area contributed by atoms with Gasteiger partial charge in [-0.25, -0.2) is 4.79 Å². The number of allylic oxidation sites excluding steroid dienone is 1. The van der Waals surface area contributed by atoms with E-state index in [1.54, 1.807) is 0 Å². The summed E-state index contributed by atoms with van der Waals surface area (Å²) in [5, 5.41) is 0. The first kappa shape index (κ1) is 13.2. The molecular formula is C15H23NO2. The van der Waals surface area contributed by atoms with E-state index < -0.39 is 5.60 Å². The van der Waals surface area contributed by atoms with Crippen LogP contribution in [0.4, 0.5) is 4.79 Å². The molecule has 100 valence electrons. The van der Waals surface area contributed by atoms with Gasteiger partial charge in [-0.05, 0) is 46.0 Å². The number of carbonyl (C=O) groups is 1. The fraction of sp³-hybridized carbons (Fsp3) is 0.667. The fourth-order valence-electron chi connectivity index (χ4n) is 2.87. The fourth-order valence-corrected chi connectivity index (χ4v) is 2.87. The van der Waals surface area contributed by atoms with Crippen LogP contribution in [0.15, 0.2) is 24.8 Å². The van der Waals surface area contributed by atoms with Gasteiger partial charge in [0.05, 0.1) is 12.1 Å². The summed E-state index contributed by atoms with van der Waals surface area (Å²) in [6.45, 7) is 9.49. The number of fused-ring (bicyclic) bond motifs is 2. The maximum atomic E-state index is 12.2. The van der Waals surface area contributed by atoms with Crippen LogP contribution >= 0.6 is 0 Å². The van der Waals surface area contributed by atoms with Gasteiger partial charge in [-0.15, -0.1) is 6.58 Å². The Morgan fingerprint density at radius 2 is 2.22 bits per heavy atom. The number of hydrogen-bond acceptors (Lipinski definition) is 2. The van der Waals surface area contributed by atoms with E-state index in [1.807, 2.05) is 31.7 Å². The second kappa shape index (κ2) is 4.79. The molecule has 0 N–H and O–H groups in total. The number of amides is 1. The Balaban J connectivity index is 2.00. The summed E-state index contributed by atoms with van der Waals surface area (Å²) in [4.78, 5) is 14.1. The number of hydrogen-bond donors (Lipinski definition) is 0. The highest BCUT2D eigenvalue weighted by atomic mass is 16.6. The van der Waals surface area contributed by atoms with Gasteiger partial charge in [-0.2, -0.15) is 0 Å². The first-order valence-electron chi connectivity index (χ1n) is 6.73. The minimum atomic E-state index is -0.421. The standard InChI is InChI=1S/C15H23NO2/c1-5-6-7-11-10-12-8-9-13(11)16(12)14(17)18-15(2,3)4/h5,8-9,11-13H,1,6-7,10H2,2-4H3/t11-,12+,13-/m0/s1. The Bertz CT molecular complexity index is 367. The molecule has 0 unspecified atom stereocenters. The highest BCUT2D eigenvalue weighted by Crippen LogP contribution is 2.40. The van der Waals surface area contributed by atoms with Crippen molar-refractivity contribution in [2.75, 3.05) is 0 Å². The van der Waals surface area contributed by atoms with Crippen molar-refractivity contribution in [2.45, 2.75) is 57.7 Å². The van der Waals surface area contributed by atoms with Crippen LogP contribution in [0.3, 0.4) is 0 Å². The molecule has 3 heteroatoms. The first-order chi connectivity index (χ1) is 8.42. The monoisotopic (exact) mass is 249 g/mol. The third-order valence-electron chi connectivity index (χ3n) is 3.58. The van der Waals surface area contributed by atoms with Crippen molar-refractivity contribution >= 4 is 6.09 Å². The van der Waals surface area contributed by atoms with Crippen molar-refractivity contribution in [3.8, 4) is 0 Å². The molecule has 0 aliphatic carbocycles. The van der Waals surface area contributed by atoms with Gasteiger partial charge >= 0.3 is 6.09 Å². The van der Waals surface area contributed by atoms with Gasteiger partial charge in [0.1, 0.15) is 5.60 Å². The van der Waals surface area contributed by atoms with Gasteiger partial charge in [0, 0.05) is 0 Å². The van der Waals surface area contributed by atoms with E-state index >= 15 is 0 Å². The lowest BCUT2D eigenvalue weighted by molar-refractivity contribution is 0.0221. The molecule has 0 aromatic heterocycles. The Morgan fingerprint density at radius 1 is 1.50 bits per heavy atom. The largest absolute Gasteiger partial charge is 0.444 e. The predicted octanol–water partition coefficient (Wildman–Crippen LogP) is 3.52. The smallest absolute Gasteiger partial charge is 0.411 e. The highest BCUT2D eigenvalue weighted by Gasteiger charge is 2.46. The molecule has 3 atom stereocenters. The topological polar surface area (TPSA) is 29.5 Å². The molecule has 0 aromatic carbocycles. The highest BCUT2D eigenvalue weighted by molar-refractivity contribution is 5.71. The summed E-state index contributed by atoms with van der Waals surface area (Å²) in [5.74, 6) is 0.561. The maximum Gasteiger partial charge on any atom is 0.411 e. The second-order valence-electron chi connectivity index (χ2n) is 6.19. The van der Waals surface area contributed by atoms with Crippen molar-refractivity contribution in [3.05, 3.63) is 24.8 Å². The second-order valence-corrected chi connectivity index (χ2v) is 6.19. The lowest BCUT2D eigenvalue weighted by Crippen LogP contribution is -2.41. The first-order valence-corrected chi connectivity index (χ1v) is 6.73. The van der Waals surface area contributed by atoms with Crippen molar-refractivity contribution < 1.29 is 9.53 Å².